The van der Waals surface area contributed by atoms with E-state index < -0.39 is 0 Å². The zero-order valence-corrected chi connectivity index (χ0v) is 17.8. The van der Waals surface area contributed by atoms with Gasteiger partial charge >= 0.3 is 0 Å². The summed E-state index contributed by atoms with van der Waals surface area (Å²) < 4.78 is 0. The highest BCUT2D eigenvalue weighted by atomic mass is 35.5. The van der Waals surface area contributed by atoms with Gasteiger partial charge < -0.3 is 20.0 Å². The first-order chi connectivity index (χ1) is 14.2. The fourth-order valence-corrected chi connectivity index (χ4v) is 4.88. The fourth-order valence-electron chi connectivity index (χ4n) is 4.64. The minimum Gasteiger partial charge on any atom is -0.355 e. The number of nitrogens with zero attached hydrogens (tertiary/aromatic N) is 7. The molecule has 29 heavy (non-hydrogen) atoms. The fraction of sp³-hybridized carbons (Fsp3) is 0.700. The molecular formula is C20H29ClN8. The van der Waals surface area contributed by atoms with E-state index >= 15 is 0 Å². The van der Waals surface area contributed by atoms with Crippen molar-refractivity contribution in [2.24, 2.45) is 0 Å². The molecule has 3 aliphatic rings. The molecule has 5 rings (SSSR count). The van der Waals surface area contributed by atoms with Crippen molar-refractivity contribution in [2.45, 2.75) is 45.1 Å². The highest BCUT2D eigenvalue weighted by Crippen LogP contribution is 2.33. The summed E-state index contributed by atoms with van der Waals surface area (Å²) in [4.78, 5) is 26.4. The number of anilines is 3. The maximum Gasteiger partial charge on any atom is 0.229 e. The van der Waals surface area contributed by atoms with Crippen molar-refractivity contribution in [3.8, 4) is 0 Å². The summed E-state index contributed by atoms with van der Waals surface area (Å²) in [6.07, 6.45) is 5.93. The van der Waals surface area contributed by atoms with Gasteiger partial charge in [-0.25, -0.2) is 9.97 Å². The van der Waals surface area contributed by atoms with Gasteiger partial charge in [-0.1, -0.05) is 11.6 Å². The van der Waals surface area contributed by atoms with Crippen LogP contribution in [0.25, 0.3) is 11.2 Å². The second-order valence-electron chi connectivity index (χ2n) is 8.33. The number of piperazine rings is 1. The third-order valence-electron chi connectivity index (χ3n) is 6.32. The van der Waals surface area contributed by atoms with Crippen molar-refractivity contribution >= 4 is 40.3 Å². The Labute approximate surface area is 176 Å². The number of hydrogen-bond donors (Lipinski definition) is 1. The lowest BCUT2D eigenvalue weighted by Gasteiger charge is -2.34. The number of rotatable bonds is 3. The Morgan fingerprint density at radius 2 is 1.59 bits per heavy atom. The van der Waals surface area contributed by atoms with Crippen LogP contribution in [-0.4, -0.2) is 71.8 Å². The van der Waals surface area contributed by atoms with Crippen LogP contribution < -0.4 is 20.0 Å². The van der Waals surface area contributed by atoms with Gasteiger partial charge in [-0.2, -0.15) is 9.97 Å². The highest BCUT2D eigenvalue weighted by Gasteiger charge is 2.27. The molecule has 156 valence electrons. The summed E-state index contributed by atoms with van der Waals surface area (Å²) in [6, 6.07) is 0.417. The van der Waals surface area contributed by atoms with Crippen molar-refractivity contribution in [1.29, 1.82) is 0 Å². The first kappa shape index (κ1) is 19.1. The van der Waals surface area contributed by atoms with Gasteiger partial charge in [0.1, 0.15) is 0 Å². The molecule has 0 unspecified atom stereocenters. The molecule has 2 aromatic heterocycles. The number of aromatic nitrogens is 4. The lowest BCUT2D eigenvalue weighted by molar-refractivity contribution is 0.481. The molecule has 0 amide bonds. The highest BCUT2D eigenvalue weighted by molar-refractivity contribution is 6.32. The number of nitrogens with one attached hydrogen (secondary N) is 1. The molecular weight excluding hydrogens is 388 g/mol. The van der Waals surface area contributed by atoms with Crippen LogP contribution >= 0.6 is 11.6 Å². The largest absolute Gasteiger partial charge is 0.355 e. The molecule has 9 heteroatoms. The molecule has 0 aliphatic carbocycles. The van der Waals surface area contributed by atoms with Gasteiger partial charge in [0, 0.05) is 51.9 Å². The number of halogens is 1. The minimum atomic E-state index is 0.417. The van der Waals surface area contributed by atoms with E-state index in [2.05, 4.69) is 26.9 Å². The van der Waals surface area contributed by atoms with Gasteiger partial charge in [0.25, 0.3) is 0 Å². The monoisotopic (exact) mass is 416 g/mol. The van der Waals surface area contributed by atoms with Gasteiger partial charge in [0.15, 0.2) is 28.0 Å². The molecule has 2 aromatic rings. The van der Waals surface area contributed by atoms with Crippen LogP contribution in [0.1, 0.15) is 39.0 Å². The lowest BCUT2D eigenvalue weighted by Crippen LogP contribution is -2.44. The smallest absolute Gasteiger partial charge is 0.229 e. The predicted octanol–water partition coefficient (Wildman–Crippen LogP) is 2.46. The van der Waals surface area contributed by atoms with Crippen LogP contribution in [0.15, 0.2) is 0 Å². The van der Waals surface area contributed by atoms with Gasteiger partial charge in [-0.05, 0) is 39.0 Å². The van der Waals surface area contributed by atoms with E-state index in [1.165, 1.54) is 19.3 Å². The maximum absolute atomic E-state index is 6.66. The Morgan fingerprint density at radius 3 is 2.34 bits per heavy atom. The number of hydrogen-bond acceptors (Lipinski definition) is 8. The normalized spacial score (nSPS) is 23.2. The second kappa shape index (κ2) is 8.07. The summed E-state index contributed by atoms with van der Waals surface area (Å²) in [7, 11) is 0. The van der Waals surface area contributed by atoms with Crippen LogP contribution in [0.2, 0.25) is 5.15 Å². The predicted molar refractivity (Wildman–Crippen MR) is 117 cm³/mol. The van der Waals surface area contributed by atoms with Crippen LogP contribution in [0.3, 0.4) is 0 Å². The molecule has 0 saturated carbocycles. The summed E-state index contributed by atoms with van der Waals surface area (Å²) >= 11 is 6.66. The van der Waals surface area contributed by atoms with Crippen molar-refractivity contribution in [3.05, 3.63) is 5.15 Å². The van der Waals surface area contributed by atoms with Crippen molar-refractivity contribution in [2.75, 3.05) is 60.5 Å². The minimum absolute atomic E-state index is 0.417. The van der Waals surface area contributed by atoms with Crippen LogP contribution in [-0.2, 0) is 0 Å². The molecule has 0 spiro atoms. The van der Waals surface area contributed by atoms with Gasteiger partial charge in [0.05, 0.1) is 0 Å². The van der Waals surface area contributed by atoms with Crippen LogP contribution in [0.4, 0.5) is 17.6 Å². The molecule has 0 radical (unpaired) electrons. The summed E-state index contributed by atoms with van der Waals surface area (Å²) in [6.45, 7) is 8.91. The number of piperidine rings is 1. The summed E-state index contributed by atoms with van der Waals surface area (Å²) in [5.74, 6) is 2.41. The van der Waals surface area contributed by atoms with Crippen molar-refractivity contribution < 1.29 is 0 Å². The molecule has 3 saturated heterocycles. The lowest BCUT2D eigenvalue weighted by atomic mass is 10.0. The van der Waals surface area contributed by atoms with E-state index in [4.69, 9.17) is 31.5 Å². The van der Waals surface area contributed by atoms with E-state index in [0.717, 1.165) is 81.8 Å². The zero-order valence-electron chi connectivity index (χ0n) is 17.1. The van der Waals surface area contributed by atoms with Crippen LogP contribution in [0.5, 0.6) is 0 Å². The van der Waals surface area contributed by atoms with Gasteiger partial charge in [0.2, 0.25) is 5.95 Å². The molecule has 3 fully saturated rings. The molecule has 1 N–H and O–H groups in total. The molecule has 0 aromatic carbocycles. The maximum atomic E-state index is 6.66. The van der Waals surface area contributed by atoms with Crippen LogP contribution in [0, 0.1) is 0 Å². The van der Waals surface area contributed by atoms with Crippen molar-refractivity contribution in [1.82, 2.24) is 25.3 Å². The average molecular weight is 417 g/mol. The first-order valence-electron chi connectivity index (χ1n) is 10.9. The van der Waals surface area contributed by atoms with Crippen molar-refractivity contribution in [3.63, 3.8) is 0 Å². The molecule has 5 heterocycles. The quantitative estimate of drug-likeness (QED) is 0.817. The topological polar surface area (TPSA) is 73.3 Å². The van der Waals surface area contributed by atoms with E-state index in [0.29, 0.717) is 16.8 Å². The molecule has 1 atom stereocenters. The average Bonchev–Trinajstić information content (AvgIpc) is 3.29. The zero-order chi connectivity index (χ0) is 19.8. The van der Waals surface area contributed by atoms with E-state index in [1.807, 2.05) is 0 Å². The Balaban J connectivity index is 1.62. The summed E-state index contributed by atoms with van der Waals surface area (Å²) in [5, 5.41) is 3.86. The van der Waals surface area contributed by atoms with E-state index in [1.54, 1.807) is 0 Å². The van der Waals surface area contributed by atoms with E-state index in [-0.39, 0.29) is 0 Å². The Hall–Kier alpha value is -1.93. The molecule has 8 nitrogen and oxygen atoms in total. The van der Waals surface area contributed by atoms with Gasteiger partial charge in [-0.3, -0.25) is 0 Å². The Kier molecular flexibility index (Phi) is 5.30. The van der Waals surface area contributed by atoms with E-state index in [9.17, 15) is 0 Å². The molecule has 0 bridgehead atoms. The SMILES string of the molecule is C[C@H]1CCCCN1c1nc2nc(N3CCNCC3)nc(N3CCCC3)c2nc1Cl. The Morgan fingerprint density at radius 1 is 0.828 bits per heavy atom. The third kappa shape index (κ3) is 3.68. The third-order valence-corrected chi connectivity index (χ3v) is 6.58. The summed E-state index contributed by atoms with van der Waals surface area (Å²) in [5.41, 5.74) is 1.39. The molecule has 3 aliphatic heterocycles. The second-order valence-corrected chi connectivity index (χ2v) is 8.68. The Bertz CT molecular complexity index is 878. The van der Waals surface area contributed by atoms with Gasteiger partial charge in [-0.15, -0.1) is 0 Å². The first-order valence-corrected chi connectivity index (χ1v) is 11.3. The number of fused-ring (bicyclic) bond motifs is 1. The standard InChI is InChI=1S/C20H29ClN8/c1-14-6-2-3-11-29(14)19-16(21)23-15-17(24-19)25-20(28-12-7-22-8-13-28)26-18(15)27-9-4-5-10-27/h14,22H,2-13H2,1H3/t14-/m0/s1.